The van der Waals surface area contributed by atoms with Crippen LogP contribution in [0, 0.1) is 17.1 Å². The molecule has 0 radical (unpaired) electrons. The van der Waals surface area contributed by atoms with Crippen LogP contribution in [0.25, 0.3) is 0 Å². The lowest BCUT2D eigenvalue weighted by atomic mass is 10.2. The Morgan fingerprint density at radius 3 is 2.94 bits per heavy atom. The van der Waals surface area contributed by atoms with Crippen LogP contribution in [-0.2, 0) is 13.7 Å². The Balaban J connectivity index is 2.08. The lowest BCUT2D eigenvalue weighted by Crippen LogP contribution is -2.03. The summed E-state index contributed by atoms with van der Waals surface area (Å²) >= 11 is 0. The van der Waals surface area contributed by atoms with Gasteiger partial charge in [-0.15, -0.1) is 0 Å². The summed E-state index contributed by atoms with van der Waals surface area (Å²) in [4.78, 5) is 4.08. The maximum absolute atomic E-state index is 13.3. The molecule has 0 aliphatic heterocycles. The van der Waals surface area contributed by atoms with Crippen LogP contribution in [0.1, 0.15) is 11.4 Å². The van der Waals surface area contributed by atoms with Gasteiger partial charge in [-0.3, -0.25) is 0 Å². The van der Waals surface area contributed by atoms with E-state index in [2.05, 4.69) is 4.98 Å². The zero-order chi connectivity index (χ0) is 12.3. The summed E-state index contributed by atoms with van der Waals surface area (Å²) in [6, 6.07) is 5.90. The molecule has 0 spiro atoms. The second-order valence-corrected chi connectivity index (χ2v) is 3.50. The largest absolute Gasteiger partial charge is 0.486 e. The first kappa shape index (κ1) is 11.1. The molecule has 0 aliphatic rings. The molecule has 86 valence electrons. The van der Waals surface area contributed by atoms with Crippen molar-refractivity contribution >= 4 is 0 Å². The van der Waals surface area contributed by atoms with Crippen molar-refractivity contribution in [2.75, 3.05) is 0 Å². The molecule has 0 saturated carbocycles. The topological polar surface area (TPSA) is 50.8 Å². The Morgan fingerprint density at radius 2 is 2.35 bits per heavy atom. The van der Waals surface area contributed by atoms with Crippen molar-refractivity contribution in [1.29, 1.82) is 5.26 Å². The quantitative estimate of drug-likeness (QED) is 0.811. The van der Waals surface area contributed by atoms with Crippen LogP contribution >= 0.6 is 0 Å². The van der Waals surface area contributed by atoms with Gasteiger partial charge in [0.1, 0.15) is 30.1 Å². The number of imidazole rings is 1. The fourth-order valence-electron chi connectivity index (χ4n) is 1.36. The Kier molecular flexibility index (Phi) is 3.06. The summed E-state index contributed by atoms with van der Waals surface area (Å²) in [7, 11) is 1.85. The van der Waals surface area contributed by atoms with Crippen molar-refractivity contribution in [1.82, 2.24) is 9.55 Å². The Labute approximate surface area is 97.9 Å². The zero-order valence-electron chi connectivity index (χ0n) is 9.22. The van der Waals surface area contributed by atoms with Crippen LogP contribution in [0.3, 0.4) is 0 Å². The van der Waals surface area contributed by atoms with Crippen molar-refractivity contribution < 1.29 is 9.13 Å². The highest BCUT2D eigenvalue weighted by atomic mass is 19.1. The molecule has 2 rings (SSSR count). The maximum Gasteiger partial charge on any atom is 0.146 e. The standard InChI is InChI=1S/C12H10FN3O/c1-16-5-4-15-12(16)8-17-10-3-2-9(7-14)11(13)6-10/h2-6H,8H2,1H3. The molecule has 0 atom stereocenters. The zero-order valence-corrected chi connectivity index (χ0v) is 9.22. The number of hydrogen-bond acceptors (Lipinski definition) is 3. The molecular formula is C12H10FN3O. The van der Waals surface area contributed by atoms with E-state index in [-0.39, 0.29) is 12.2 Å². The minimum atomic E-state index is -0.579. The lowest BCUT2D eigenvalue weighted by Gasteiger charge is -2.06. The van der Waals surface area contributed by atoms with Gasteiger partial charge in [-0.25, -0.2) is 9.37 Å². The minimum absolute atomic E-state index is 0.00865. The summed E-state index contributed by atoms with van der Waals surface area (Å²) in [5, 5.41) is 8.58. The van der Waals surface area contributed by atoms with E-state index in [1.165, 1.54) is 12.1 Å². The third-order valence-electron chi connectivity index (χ3n) is 2.35. The molecule has 4 nitrogen and oxygen atoms in total. The molecule has 0 unspecified atom stereocenters. The molecule has 5 heteroatoms. The van der Waals surface area contributed by atoms with Gasteiger partial charge in [0.05, 0.1) is 5.56 Å². The van der Waals surface area contributed by atoms with Crippen LogP contribution in [0.5, 0.6) is 5.75 Å². The number of halogens is 1. The molecule has 1 aromatic carbocycles. The van der Waals surface area contributed by atoms with Crippen molar-refractivity contribution in [2.45, 2.75) is 6.61 Å². The highest BCUT2D eigenvalue weighted by Crippen LogP contribution is 2.16. The third-order valence-corrected chi connectivity index (χ3v) is 2.35. The molecule has 1 aromatic heterocycles. The number of benzene rings is 1. The average molecular weight is 231 g/mol. The minimum Gasteiger partial charge on any atom is -0.486 e. The highest BCUT2D eigenvalue weighted by molar-refractivity contribution is 5.36. The molecule has 0 bridgehead atoms. The van der Waals surface area contributed by atoms with Gasteiger partial charge in [-0.2, -0.15) is 5.26 Å². The van der Waals surface area contributed by atoms with Gasteiger partial charge in [0.25, 0.3) is 0 Å². The summed E-state index contributed by atoms with van der Waals surface area (Å²) < 4.78 is 20.5. The Morgan fingerprint density at radius 1 is 1.53 bits per heavy atom. The van der Waals surface area contributed by atoms with Gasteiger partial charge >= 0.3 is 0 Å². The van der Waals surface area contributed by atoms with Gasteiger partial charge in [0.2, 0.25) is 0 Å². The number of ether oxygens (including phenoxy) is 1. The number of hydrogen-bond donors (Lipinski definition) is 0. The molecule has 0 N–H and O–H groups in total. The molecule has 1 heterocycles. The van der Waals surface area contributed by atoms with E-state index in [9.17, 15) is 4.39 Å². The predicted molar refractivity (Wildman–Crippen MR) is 58.7 cm³/mol. The fourth-order valence-corrected chi connectivity index (χ4v) is 1.36. The second-order valence-electron chi connectivity index (χ2n) is 3.50. The SMILES string of the molecule is Cn1ccnc1COc1ccc(C#N)c(F)c1. The Bertz CT molecular complexity index is 571. The summed E-state index contributed by atoms with van der Waals surface area (Å²) in [6.07, 6.45) is 3.47. The fraction of sp³-hybridized carbons (Fsp3) is 0.167. The molecule has 0 amide bonds. The van der Waals surface area contributed by atoms with Crippen molar-refractivity contribution in [3.05, 3.63) is 47.8 Å². The van der Waals surface area contributed by atoms with Crippen molar-refractivity contribution in [3.63, 3.8) is 0 Å². The number of aryl methyl sites for hydroxylation is 1. The van der Waals surface area contributed by atoms with Gasteiger partial charge in [-0.05, 0) is 12.1 Å². The summed E-state index contributed by atoms with van der Waals surface area (Å²) in [5.41, 5.74) is 0.00865. The predicted octanol–water partition coefficient (Wildman–Crippen LogP) is 2.01. The maximum atomic E-state index is 13.3. The van der Waals surface area contributed by atoms with Gasteiger partial charge in [-0.1, -0.05) is 0 Å². The van der Waals surface area contributed by atoms with E-state index in [1.807, 2.05) is 11.6 Å². The van der Waals surface area contributed by atoms with E-state index < -0.39 is 5.82 Å². The molecule has 0 aliphatic carbocycles. The van der Waals surface area contributed by atoms with Crippen LogP contribution in [0.15, 0.2) is 30.6 Å². The second kappa shape index (κ2) is 4.66. The smallest absolute Gasteiger partial charge is 0.146 e. The molecule has 0 fully saturated rings. The van der Waals surface area contributed by atoms with E-state index in [0.29, 0.717) is 5.75 Å². The van der Waals surface area contributed by atoms with E-state index in [4.69, 9.17) is 10.00 Å². The number of nitriles is 1. The molecule has 17 heavy (non-hydrogen) atoms. The number of rotatable bonds is 3. The third kappa shape index (κ3) is 2.42. The monoisotopic (exact) mass is 231 g/mol. The molecule has 2 aromatic rings. The van der Waals surface area contributed by atoms with Gasteiger partial charge in [0.15, 0.2) is 0 Å². The van der Waals surface area contributed by atoms with Crippen molar-refractivity contribution in [2.24, 2.45) is 7.05 Å². The van der Waals surface area contributed by atoms with Crippen LogP contribution in [0.4, 0.5) is 4.39 Å². The number of aromatic nitrogens is 2. The van der Waals surface area contributed by atoms with Crippen LogP contribution in [-0.4, -0.2) is 9.55 Å². The first-order valence-electron chi connectivity index (χ1n) is 4.99. The van der Waals surface area contributed by atoms with Gasteiger partial charge in [0, 0.05) is 25.5 Å². The van der Waals surface area contributed by atoms with E-state index in [1.54, 1.807) is 24.5 Å². The van der Waals surface area contributed by atoms with Crippen LogP contribution < -0.4 is 4.74 Å². The van der Waals surface area contributed by atoms with Gasteiger partial charge < -0.3 is 9.30 Å². The first-order chi connectivity index (χ1) is 8.20. The molecule has 0 saturated heterocycles. The summed E-state index contributed by atoms with van der Waals surface area (Å²) in [6.45, 7) is 0.259. The normalized spacial score (nSPS) is 9.94. The van der Waals surface area contributed by atoms with Crippen LogP contribution in [0.2, 0.25) is 0 Å². The van der Waals surface area contributed by atoms with E-state index in [0.717, 1.165) is 5.82 Å². The van der Waals surface area contributed by atoms with Crippen molar-refractivity contribution in [3.8, 4) is 11.8 Å². The van der Waals surface area contributed by atoms with E-state index >= 15 is 0 Å². The number of nitrogens with zero attached hydrogens (tertiary/aromatic N) is 3. The average Bonchev–Trinajstić information content (AvgIpc) is 2.72. The first-order valence-corrected chi connectivity index (χ1v) is 4.99. The Hall–Kier alpha value is -2.35. The lowest BCUT2D eigenvalue weighted by molar-refractivity contribution is 0.290. The highest BCUT2D eigenvalue weighted by Gasteiger charge is 2.05. The molecular weight excluding hydrogens is 221 g/mol. The summed E-state index contributed by atoms with van der Waals surface area (Å²) in [5.74, 6) is 0.545.